The van der Waals surface area contributed by atoms with Crippen molar-refractivity contribution < 1.29 is 4.79 Å². The van der Waals surface area contributed by atoms with Crippen molar-refractivity contribution in [2.75, 3.05) is 0 Å². The van der Waals surface area contributed by atoms with E-state index in [-0.39, 0.29) is 24.4 Å². The molecule has 0 saturated heterocycles. The van der Waals surface area contributed by atoms with Crippen molar-refractivity contribution >= 4 is 23.2 Å². The summed E-state index contributed by atoms with van der Waals surface area (Å²) in [5.41, 5.74) is 5.19. The molecule has 1 heterocycles. The van der Waals surface area contributed by atoms with E-state index in [1.54, 1.807) is 24.3 Å². The van der Waals surface area contributed by atoms with E-state index in [1.807, 2.05) is 4.98 Å². The van der Waals surface area contributed by atoms with Crippen LogP contribution in [-0.4, -0.2) is 21.1 Å². The van der Waals surface area contributed by atoms with E-state index < -0.39 is 11.2 Å². The molecule has 0 aliphatic heterocycles. The number of rotatable bonds is 6. The van der Waals surface area contributed by atoms with E-state index in [9.17, 15) is 14.4 Å². The fraction of sp³-hybridized carbons (Fsp3) is 0.143. The molecule has 2 aromatic rings. The number of nitrogens with one attached hydrogen (secondary N) is 4. The fourth-order valence-electron chi connectivity index (χ4n) is 1.70. The van der Waals surface area contributed by atoms with Crippen molar-refractivity contribution in [3.05, 3.63) is 68.0 Å². The first-order chi connectivity index (χ1) is 11.0. The van der Waals surface area contributed by atoms with Crippen molar-refractivity contribution in [1.82, 2.24) is 26.0 Å². The number of carbonyl (C=O) groups excluding carboxylic acids is 1. The number of amides is 1. The normalized spacial score (nSPS) is 10.1. The summed E-state index contributed by atoms with van der Waals surface area (Å²) in [6.07, 6.45) is 0.107. The zero-order valence-electron chi connectivity index (χ0n) is 12.0. The fourth-order valence-corrected chi connectivity index (χ4v) is 1.83. The highest BCUT2D eigenvalue weighted by Crippen LogP contribution is 2.13. The van der Waals surface area contributed by atoms with E-state index >= 15 is 0 Å². The highest BCUT2D eigenvalue weighted by atomic mass is 35.5. The third-order valence-corrected chi connectivity index (χ3v) is 3.17. The number of aromatic nitrogens is 3. The van der Waals surface area contributed by atoms with Crippen molar-refractivity contribution in [3.8, 4) is 0 Å². The van der Waals surface area contributed by atoms with Crippen LogP contribution in [0.3, 0.4) is 0 Å². The topological polar surface area (TPSA) is 120 Å². The van der Waals surface area contributed by atoms with Crippen LogP contribution in [0.25, 0.3) is 5.70 Å². The summed E-state index contributed by atoms with van der Waals surface area (Å²) in [6.45, 7) is 3.79. The van der Waals surface area contributed by atoms with E-state index in [0.717, 1.165) is 5.56 Å². The second-order valence-electron chi connectivity index (χ2n) is 4.61. The molecular formula is C14H14ClN5O3. The molecule has 2 rings (SSSR count). The quantitative estimate of drug-likeness (QED) is 0.567. The number of benzene rings is 1. The standard InChI is InChI=1S/C14H14ClN5O3/c1-8(9-2-4-10(15)5-3-9)17-19-12(21)7-6-11-13(22)16-14(23)20-18-11/h2-5,17H,1,6-7H2,(H,19,21)(H2,16,20,22,23). The van der Waals surface area contributed by atoms with Crippen LogP contribution >= 0.6 is 11.6 Å². The molecule has 0 radical (unpaired) electrons. The first-order valence-corrected chi connectivity index (χ1v) is 7.01. The van der Waals surface area contributed by atoms with Gasteiger partial charge in [0.25, 0.3) is 5.56 Å². The molecule has 1 aromatic carbocycles. The number of carbonyl (C=O) groups is 1. The lowest BCUT2D eigenvalue weighted by Crippen LogP contribution is -2.36. The highest BCUT2D eigenvalue weighted by Gasteiger charge is 2.07. The van der Waals surface area contributed by atoms with Gasteiger partial charge in [0.2, 0.25) is 5.91 Å². The minimum Gasteiger partial charge on any atom is -0.299 e. The number of hydrogen-bond acceptors (Lipinski definition) is 5. The van der Waals surface area contributed by atoms with Crippen LogP contribution in [-0.2, 0) is 11.2 Å². The van der Waals surface area contributed by atoms with Gasteiger partial charge in [-0.1, -0.05) is 30.3 Å². The molecule has 0 fully saturated rings. The lowest BCUT2D eigenvalue weighted by Gasteiger charge is -2.11. The number of aromatic amines is 2. The van der Waals surface area contributed by atoms with Crippen LogP contribution in [0.5, 0.6) is 0 Å². The Balaban J connectivity index is 1.83. The van der Waals surface area contributed by atoms with Gasteiger partial charge in [-0.2, -0.15) is 5.10 Å². The molecule has 0 atom stereocenters. The van der Waals surface area contributed by atoms with Crippen LogP contribution in [0, 0.1) is 0 Å². The second kappa shape index (κ2) is 7.41. The maximum atomic E-state index is 11.7. The minimum absolute atomic E-state index is 0.0169. The van der Waals surface area contributed by atoms with Gasteiger partial charge < -0.3 is 0 Å². The van der Waals surface area contributed by atoms with Gasteiger partial charge in [-0.25, -0.2) is 9.89 Å². The van der Waals surface area contributed by atoms with E-state index in [1.165, 1.54) is 0 Å². The summed E-state index contributed by atoms with van der Waals surface area (Å²) in [7, 11) is 0. The largest absolute Gasteiger partial charge is 0.342 e. The molecule has 23 heavy (non-hydrogen) atoms. The molecule has 0 bridgehead atoms. The number of nitrogens with zero attached hydrogens (tertiary/aromatic N) is 1. The predicted molar refractivity (Wildman–Crippen MR) is 85.6 cm³/mol. The van der Waals surface area contributed by atoms with Gasteiger partial charge in [0.15, 0.2) is 0 Å². The molecule has 0 unspecified atom stereocenters. The Bertz CT molecular complexity index is 825. The third-order valence-electron chi connectivity index (χ3n) is 2.92. The average molecular weight is 336 g/mol. The van der Waals surface area contributed by atoms with Crippen molar-refractivity contribution in [2.24, 2.45) is 0 Å². The summed E-state index contributed by atoms with van der Waals surface area (Å²) in [4.78, 5) is 36.0. The molecule has 1 amide bonds. The lowest BCUT2D eigenvalue weighted by molar-refractivity contribution is -0.121. The van der Waals surface area contributed by atoms with Crippen LogP contribution in [0.4, 0.5) is 0 Å². The summed E-state index contributed by atoms with van der Waals surface area (Å²) in [6, 6.07) is 6.93. The van der Waals surface area contributed by atoms with Gasteiger partial charge in [-0.3, -0.25) is 25.4 Å². The summed E-state index contributed by atoms with van der Waals surface area (Å²) >= 11 is 5.79. The van der Waals surface area contributed by atoms with E-state index in [2.05, 4.69) is 27.6 Å². The Morgan fingerprint density at radius 1 is 1.22 bits per heavy atom. The third kappa shape index (κ3) is 4.82. The molecule has 4 N–H and O–H groups in total. The number of aryl methyl sites for hydroxylation is 1. The Labute approximate surface area is 135 Å². The predicted octanol–water partition coefficient (Wildman–Crippen LogP) is 0.336. The molecule has 0 aliphatic carbocycles. The first-order valence-electron chi connectivity index (χ1n) is 6.63. The van der Waals surface area contributed by atoms with Gasteiger partial charge in [0.1, 0.15) is 5.69 Å². The summed E-state index contributed by atoms with van der Waals surface area (Å²) in [5, 5.41) is 6.30. The van der Waals surface area contributed by atoms with Crippen molar-refractivity contribution in [3.63, 3.8) is 0 Å². The van der Waals surface area contributed by atoms with Gasteiger partial charge in [-0.15, -0.1) is 0 Å². The number of hydrazine groups is 1. The highest BCUT2D eigenvalue weighted by molar-refractivity contribution is 6.30. The van der Waals surface area contributed by atoms with Crippen molar-refractivity contribution in [1.29, 1.82) is 0 Å². The Kier molecular flexibility index (Phi) is 5.32. The van der Waals surface area contributed by atoms with Crippen molar-refractivity contribution in [2.45, 2.75) is 12.8 Å². The molecular weight excluding hydrogens is 322 g/mol. The minimum atomic E-state index is -0.691. The Morgan fingerprint density at radius 2 is 1.91 bits per heavy atom. The van der Waals surface area contributed by atoms with E-state index in [4.69, 9.17) is 11.6 Å². The summed E-state index contributed by atoms with van der Waals surface area (Å²) in [5.74, 6) is -0.354. The monoisotopic (exact) mass is 335 g/mol. The SMILES string of the molecule is C=C(NNC(=O)CCc1n[nH]c(=O)[nH]c1=O)c1ccc(Cl)cc1. The molecule has 0 spiro atoms. The zero-order valence-corrected chi connectivity index (χ0v) is 12.7. The molecule has 0 aliphatic rings. The van der Waals surface area contributed by atoms with Crippen LogP contribution in [0.2, 0.25) is 5.02 Å². The molecule has 8 nitrogen and oxygen atoms in total. The van der Waals surface area contributed by atoms with Gasteiger partial charge in [0.05, 0.1) is 5.70 Å². The van der Waals surface area contributed by atoms with Gasteiger partial charge in [-0.05, 0) is 17.7 Å². The molecule has 9 heteroatoms. The number of H-pyrrole nitrogens is 2. The molecule has 120 valence electrons. The van der Waals surface area contributed by atoms with Gasteiger partial charge in [0, 0.05) is 17.9 Å². The average Bonchev–Trinajstić information content (AvgIpc) is 2.52. The maximum Gasteiger partial charge on any atom is 0.342 e. The van der Waals surface area contributed by atoms with Crippen LogP contribution < -0.4 is 22.1 Å². The first kappa shape index (κ1) is 16.5. The van der Waals surface area contributed by atoms with Gasteiger partial charge >= 0.3 is 5.69 Å². The number of hydrogen-bond donors (Lipinski definition) is 4. The zero-order chi connectivity index (χ0) is 16.8. The molecule has 1 aromatic heterocycles. The Hall–Kier alpha value is -2.87. The van der Waals surface area contributed by atoms with Crippen LogP contribution in [0.1, 0.15) is 17.7 Å². The maximum absolute atomic E-state index is 11.7. The molecule has 0 saturated carbocycles. The number of halogens is 1. The lowest BCUT2D eigenvalue weighted by atomic mass is 10.2. The smallest absolute Gasteiger partial charge is 0.299 e. The Morgan fingerprint density at radius 3 is 2.57 bits per heavy atom. The second-order valence-corrected chi connectivity index (χ2v) is 5.05. The van der Waals surface area contributed by atoms with Crippen LogP contribution in [0.15, 0.2) is 40.4 Å². The summed E-state index contributed by atoms with van der Waals surface area (Å²) < 4.78 is 0. The van der Waals surface area contributed by atoms with E-state index in [0.29, 0.717) is 10.7 Å².